The maximum absolute atomic E-state index is 13.4. The normalized spacial score (nSPS) is 11.4. The molecule has 150 valence electrons. The van der Waals surface area contributed by atoms with Gasteiger partial charge in [-0.3, -0.25) is 10.1 Å². The van der Waals surface area contributed by atoms with Crippen molar-refractivity contribution in [2.75, 3.05) is 7.11 Å². The van der Waals surface area contributed by atoms with Crippen molar-refractivity contribution in [3.8, 4) is 5.75 Å². The van der Waals surface area contributed by atoms with E-state index in [0.717, 1.165) is 17.2 Å². The minimum atomic E-state index is -4.01. The number of sulfonamides is 1. The molecule has 3 aromatic carbocycles. The van der Waals surface area contributed by atoms with Gasteiger partial charge in [-0.1, -0.05) is 60.7 Å². The van der Waals surface area contributed by atoms with Crippen LogP contribution in [0.15, 0.2) is 83.8 Å². The van der Waals surface area contributed by atoms with Gasteiger partial charge in [0.1, 0.15) is 0 Å². The van der Waals surface area contributed by atoms with Crippen molar-refractivity contribution in [1.29, 1.82) is 0 Å². The fourth-order valence-corrected chi connectivity index (χ4v) is 4.36. The molecule has 0 heterocycles. The molecule has 0 aliphatic carbocycles. The Morgan fingerprint density at radius 3 is 1.86 bits per heavy atom. The summed E-state index contributed by atoms with van der Waals surface area (Å²) in [4.78, 5) is 10.5. The molecule has 0 unspecified atom stereocenters. The molecular weight excluding hydrogens is 392 g/mol. The molecule has 0 aliphatic heterocycles. The third-order valence-corrected chi connectivity index (χ3v) is 6.18. The first kappa shape index (κ1) is 20.5. The average molecular weight is 412 g/mol. The van der Waals surface area contributed by atoms with Gasteiger partial charge in [-0.05, 0) is 23.3 Å². The lowest BCUT2D eigenvalue weighted by Crippen LogP contribution is -2.30. The van der Waals surface area contributed by atoms with Gasteiger partial charge in [0.15, 0.2) is 5.75 Å². The molecule has 0 aliphatic rings. The van der Waals surface area contributed by atoms with Crippen molar-refractivity contribution in [3.05, 3.63) is 100 Å². The monoisotopic (exact) mass is 412 g/mol. The van der Waals surface area contributed by atoms with Crippen LogP contribution in [0.3, 0.4) is 0 Å². The smallest absolute Gasteiger partial charge is 0.312 e. The SMILES string of the molecule is COc1ccc(S(=O)(=O)N(Cc2ccccc2)Cc2ccccc2)cc1[N+](=O)[O-]. The summed E-state index contributed by atoms with van der Waals surface area (Å²) in [5, 5.41) is 11.3. The summed E-state index contributed by atoms with van der Waals surface area (Å²) in [7, 11) is -2.71. The summed E-state index contributed by atoms with van der Waals surface area (Å²) in [5.74, 6) is 0.00613. The number of ether oxygens (including phenoxy) is 1. The summed E-state index contributed by atoms with van der Waals surface area (Å²) >= 11 is 0. The van der Waals surface area contributed by atoms with E-state index >= 15 is 0 Å². The highest BCUT2D eigenvalue weighted by Gasteiger charge is 2.28. The predicted octanol–water partition coefficient (Wildman–Crippen LogP) is 3.99. The molecule has 0 fully saturated rings. The highest BCUT2D eigenvalue weighted by molar-refractivity contribution is 7.89. The van der Waals surface area contributed by atoms with Crippen LogP contribution in [0.5, 0.6) is 5.75 Å². The Hall–Kier alpha value is -3.23. The zero-order valence-electron chi connectivity index (χ0n) is 15.8. The Morgan fingerprint density at radius 1 is 0.897 bits per heavy atom. The number of methoxy groups -OCH3 is 1. The van der Waals surface area contributed by atoms with Gasteiger partial charge in [-0.15, -0.1) is 0 Å². The summed E-state index contributed by atoms with van der Waals surface area (Å²) in [6.45, 7) is 0.274. The Balaban J connectivity index is 2.03. The maximum atomic E-state index is 13.4. The van der Waals surface area contributed by atoms with Crippen LogP contribution in [0.25, 0.3) is 0 Å². The molecule has 0 radical (unpaired) electrons. The first-order chi connectivity index (χ1) is 13.9. The van der Waals surface area contributed by atoms with E-state index in [-0.39, 0.29) is 23.7 Å². The van der Waals surface area contributed by atoms with Crippen LogP contribution in [-0.4, -0.2) is 24.8 Å². The molecule has 8 heteroatoms. The molecule has 0 spiro atoms. The third-order valence-electron chi connectivity index (χ3n) is 4.39. The third kappa shape index (κ3) is 4.79. The van der Waals surface area contributed by atoms with Gasteiger partial charge in [0.25, 0.3) is 0 Å². The molecule has 3 rings (SSSR count). The Kier molecular flexibility index (Phi) is 6.26. The number of hydrogen-bond donors (Lipinski definition) is 0. The first-order valence-electron chi connectivity index (χ1n) is 8.82. The van der Waals surface area contributed by atoms with Crippen LogP contribution in [0.1, 0.15) is 11.1 Å². The molecule has 0 amide bonds. The van der Waals surface area contributed by atoms with E-state index < -0.39 is 20.6 Å². The van der Waals surface area contributed by atoms with Gasteiger partial charge in [0.2, 0.25) is 10.0 Å². The molecule has 0 aromatic heterocycles. The molecule has 0 N–H and O–H groups in total. The second kappa shape index (κ2) is 8.85. The zero-order chi connectivity index (χ0) is 20.9. The Morgan fingerprint density at radius 2 is 1.41 bits per heavy atom. The maximum Gasteiger partial charge on any atom is 0.312 e. The average Bonchev–Trinajstić information content (AvgIpc) is 2.74. The minimum Gasteiger partial charge on any atom is -0.490 e. The number of rotatable bonds is 8. The van der Waals surface area contributed by atoms with Crippen molar-refractivity contribution in [3.63, 3.8) is 0 Å². The lowest BCUT2D eigenvalue weighted by molar-refractivity contribution is -0.386. The molecule has 29 heavy (non-hydrogen) atoms. The minimum absolute atomic E-state index is 0.00613. The van der Waals surface area contributed by atoms with Crippen LogP contribution in [0.4, 0.5) is 5.69 Å². The molecule has 0 saturated heterocycles. The van der Waals surface area contributed by atoms with Gasteiger partial charge in [-0.2, -0.15) is 4.31 Å². The topological polar surface area (TPSA) is 89.8 Å². The number of nitro groups is 1. The van der Waals surface area contributed by atoms with E-state index in [0.29, 0.717) is 0 Å². The lowest BCUT2D eigenvalue weighted by Gasteiger charge is -2.22. The Labute approximate surface area is 169 Å². The van der Waals surface area contributed by atoms with Crippen LogP contribution < -0.4 is 4.74 Å². The fraction of sp³-hybridized carbons (Fsp3) is 0.143. The largest absolute Gasteiger partial charge is 0.490 e. The van der Waals surface area contributed by atoms with Crippen LogP contribution >= 0.6 is 0 Å². The summed E-state index contributed by atoms with van der Waals surface area (Å²) in [6, 6.07) is 22.1. The van der Waals surface area contributed by atoms with Gasteiger partial charge >= 0.3 is 5.69 Å². The number of nitrogens with zero attached hydrogens (tertiary/aromatic N) is 2. The van der Waals surface area contributed by atoms with Gasteiger partial charge < -0.3 is 4.74 Å². The number of benzene rings is 3. The van der Waals surface area contributed by atoms with Crippen LogP contribution in [-0.2, 0) is 23.1 Å². The summed E-state index contributed by atoms with van der Waals surface area (Å²) < 4.78 is 33.0. The predicted molar refractivity (Wildman–Crippen MR) is 109 cm³/mol. The molecule has 0 saturated carbocycles. The summed E-state index contributed by atoms with van der Waals surface area (Å²) in [6.07, 6.45) is 0. The van der Waals surface area contributed by atoms with Crippen molar-refractivity contribution < 1.29 is 18.1 Å². The highest BCUT2D eigenvalue weighted by Crippen LogP contribution is 2.31. The molecule has 0 atom stereocenters. The molecule has 3 aromatic rings. The quantitative estimate of drug-likeness (QED) is 0.412. The zero-order valence-corrected chi connectivity index (χ0v) is 16.6. The van der Waals surface area contributed by atoms with E-state index in [1.807, 2.05) is 60.7 Å². The van der Waals surface area contributed by atoms with E-state index in [4.69, 9.17) is 4.74 Å². The highest BCUT2D eigenvalue weighted by atomic mass is 32.2. The first-order valence-corrected chi connectivity index (χ1v) is 10.3. The van der Waals surface area contributed by atoms with Gasteiger partial charge in [0, 0.05) is 19.2 Å². The van der Waals surface area contributed by atoms with E-state index in [1.54, 1.807) is 0 Å². The summed E-state index contributed by atoms with van der Waals surface area (Å²) in [5.41, 5.74) is 1.23. The lowest BCUT2D eigenvalue weighted by atomic mass is 10.2. The van der Waals surface area contributed by atoms with Crippen molar-refractivity contribution >= 4 is 15.7 Å². The Bertz CT molecular complexity index is 1050. The van der Waals surface area contributed by atoms with E-state index in [1.165, 1.54) is 23.5 Å². The van der Waals surface area contributed by atoms with Gasteiger partial charge in [0.05, 0.1) is 16.9 Å². The number of hydrogen-bond acceptors (Lipinski definition) is 5. The van der Waals surface area contributed by atoms with Crippen molar-refractivity contribution in [1.82, 2.24) is 4.31 Å². The van der Waals surface area contributed by atoms with Gasteiger partial charge in [-0.25, -0.2) is 8.42 Å². The van der Waals surface area contributed by atoms with Crippen molar-refractivity contribution in [2.45, 2.75) is 18.0 Å². The van der Waals surface area contributed by atoms with E-state index in [2.05, 4.69) is 0 Å². The molecule has 0 bridgehead atoms. The number of nitro benzene ring substituents is 1. The molecular formula is C21H20N2O5S. The second-order valence-electron chi connectivity index (χ2n) is 6.34. The van der Waals surface area contributed by atoms with Crippen molar-refractivity contribution in [2.24, 2.45) is 0 Å². The second-order valence-corrected chi connectivity index (χ2v) is 8.27. The van der Waals surface area contributed by atoms with Crippen LogP contribution in [0, 0.1) is 10.1 Å². The van der Waals surface area contributed by atoms with Crippen LogP contribution in [0.2, 0.25) is 0 Å². The molecule has 7 nitrogen and oxygen atoms in total. The van der Waals surface area contributed by atoms with E-state index in [9.17, 15) is 18.5 Å². The fourth-order valence-electron chi connectivity index (χ4n) is 2.92. The standard InChI is InChI=1S/C21H20N2O5S/c1-28-21-13-12-19(14-20(21)23(24)25)29(26,27)22(15-17-8-4-2-5-9-17)16-18-10-6-3-7-11-18/h2-14H,15-16H2,1H3.